The van der Waals surface area contributed by atoms with E-state index in [0.717, 1.165) is 5.56 Å². The van der Waals surface area contributed by atoms with E-state index in [1.54, 1.807) is 43.3 Å². The molecule has 170 valence electrons. The molecule has 0 saturated heterocycles. The first-order valence-electron chi connectivity index (χ1n) is 10.8. The molecule has 3 aromatic carbocycles. The summed E-state index contributed by atoms with van der Waals surface area (Å²) < 4.78 is 5.17. The number of amides is 3. The molecule has 1 unspecified atom stereocenters. The van der Waals surface area contributed by atoms with Gasteiger partial charge in [-0.25, -0.2) is 4.79 Å². The fourth-order valence-corrected chi connectivity index (χ4v) is 3.24. The summed E-state index contributed by atoms with van der Waals surface area (Å²) in [7, 11) is 0. The number of ether oxygens (including phenoxy) is 1. The van der Waals surface area contributed by atoms with Crippen LogP contribution in [0.3, 0.4) is 0 Å². The lowest BCUT2D eigenvalue weighted by molar-refractivity contribution is -0.147. The quantitative estimate of drug-likeness (QED) is 0.423. The molecule has 0 aliphatic carbocycles. The van der Waals surface area contributed by atoms with Crippen molar-refractivity contribution in [2.45, 2.75) is 13.3 Å². The van der Waals surface area contributed by atoms with Gasteiger partial charge in [0.1, 0.15) is 0 Å². The molecule has 0 saturated carbocycles. The van der Waals surface area contributed by atoms with E-state index in [1.165, 1.54) is 0 Å². The van der Waals surface area contributed by atoms with Crippen LogP contribution in [0.4, 0.5) is 16.2 Å². The third-order valence-electron chi connectivity index (χ3n) is 4.89. The lowest BCUT2D eigenvalue weighted by atomic mass is 9.99. The number of esters is 1. The van der Waals surface area contributed by atoms with E-state index >= 15 is 0 Å². The molecule has 3 rings (SSSR count). The third-order valence-corrected chi connectivity index (χ3v) is 4.89. The molecular formula is C26H27N3O4. The van der Waals surface area contributed by atoms with Gasteiger partial charge >= 0.3 is 12.0 Å². The Morgan fingerprint density at radius 3 is 1.97 bits per heavy atom. The lowest BCUT2D eigenvalue weighted by Gasteiger charge is -2.16. The summed E-state index contributed by atoms with van der Waals surface area (Å²) >= 11 is 0. The average molecular weight is 446 g/mol. The number of rotatable bonds is 9. The van der Waals surface area contributed by atoms with Gasteiger partial charge in [-0.05, 0) is 55.3 Å². The maximum Gasteiger partial charge on any atom is 0.323 e. The Labute approximate surface area is 193 Å². The van der Waals surface area contributed by atoms with E-state index < -0.39 is 5.92 Å². The highest BCUT2D eigenvalue weighted by molar-refractivity contribution is 6.00. The molecule has 0 aliphatic rings. The Balaban J connectivity index is 1.55. The van der Waals surface area contributed by atoms with E-state index in [-0.39, 0.29) is 31.1 Å². The van der Waals surface area contributed by atoms with Crippen LogP contribution in [0, 0.1) is 5.92 Å². The smallest absolute Gasteiger partial charge is 0.323 e. The highest BCUT2D eigenvalue weighted by atomic mass is 16.5. The van der Waals surface area contributed by atoms with Crippen LogP contribution in [0.1, 0.15) is 22.8 Å². The Morgan fingerprint density at radius 1 is 0.788 bits per heavy atom. The predicted octanol–water partition coefficient (Wildman–Crippen LogP) is 4.48. The van der Waals surface area contributed by atoms with Gasteiger partial charge < -0.3 is 20.7 Å². The van der Waals surface area contributed by atoms with Gasteiger partial charge in [0, 0.05) is 23.5 Å². The van der Waals surface area contributed by atoms with Crippen molar-refractivity contribution in [3.63, 3.8) is 0 Å². The first-order valence-corrected chi connectivity index (χ1v) is 10.8. The predicted molar refractivity (Wildman–Crippen MR) is 128 cm³/mol. The van der Waals surface area contributed by atoms with E-state index in [4.69, 9.17) is 4.74 Å². The van der Waals surface area contributed by atoms with Crippen LogP contribution < -0.4 is 16.0 Å². The molecule has 0 heterocycles. The first kappa shape index (κ1) is 23.5. The van der Waals surface area contributed by atoms with Gasteiger partial charge in [-0.2, -0.15) is 0 Å². The van der Waals surface area contributed by atoms with Gasteiger partial charge in [-0.3, -0.25) is 9.59 Å². The zero-order valence-electron chi connectivity index (χ0n) is 18.4. The second kappa shape index (κ2) is 12.0. The van der Waals surface area contributed by atoms with Crippen molar-refractivity contribution < 1.29 is 19.1 Å². The highest BCUT2D eigenvalue weighted by Crippen LogP contribution is 2.13. The van der Waals surface area contributed by atoms with Crippen molar-refractivity contribution in [1.82, 2.24) is 5.32 Å². The summed E-state index contributed by atoms with van der Waals surface area (Å²) in [6, 6.07) is 24.8. The number of hydrogen-bond donors (Lipinski definition) is 3. The van der Waals surface area contributed by atoms with Crippen LogP contribution in [0.5, 0.6) is 0 Å². The Bertz CT molecular complexity index is 1050. The van der Waals surface area contributed by atoms with Crippen LogP contribution in [-0.2, 0) is 16.0 Å². The van der Waals surface area contributed by atoms with Crippen LogP contribution in [0.15, 0.2) is 84.9 Å². The van der Waals surface area contributed by atoms with Gasteiger partial charge in [0.15, 0.2) is 0 Å². The second-order valence-electron chi connectivity index (χ2n) is 7.37. The molecule has 0 aliphatic heterocycles. The van der Waals surface area contributed by atoms with Gasteiger partial charge in [-0.1, -0.05) is 48.5 Å². The Morgan fingerprint density at radius 2 is 1.36 bits per heavy atom. The average Bonchev–Trinajstić information content (AvgIpc) is 2.83. The number of benzene rings is 3. The fourth-order valence-electron chi connectivity index (χ4n) is 3.24. The number of urea groups is 1. The van der Waals surface area contributed by atoms with Gasteiger partial charge in [0.05, 0.1) is 12.5 Å². The Kier molecular flexibility index (Phi) is 8.59. The summed E-state index contributed by atoms with van der Waals surface area (Å²) in [4.78, 5) is 37.0. The molecular weight excluding hydrogens is 418 g/mol. The highest BCUT2D eigenvalue weighted by Gasteiger charge is 2.21. The number of anilines is 2. The van der Waals surface area contributed by atoms with Crippen LogP contribution >= 0.6 is 0 Å². The van der Waals surface area contributed by atoms with Crippen molar-refractivity contribution in [3.05, 3.63) is 96.1 Å². The van der Waals surface area contributed by atoms with Crippen LogP contribution in [-0.4, -0.2) is 31.1 Å². The zero-order chi connectivity index (χ0) is 23.5. The van der Waals surface area contributed by atoms with E-state index in [2.05, 4.69) is 16.0 Å². The van der Waals surface area contributed by atoms with Gasteiger partial charge in [-0.15, -0.1) is 0 Å². The summed E-state index contributed by atoms with van der Waals surface area (Å²) in [5.41, 5.74) is 2.64. The zero-order valence-corrected chi connectivity index (χ0v) is 18.4. The SMILES string of the molecule is CCOC(=O)C(CNC(=O)c1ccc(NC(=O)Nc2ccccc2)cc1)Cc1ccccc1. The van der Waals surface area contributed by atoms with E-state index in [9.17, 15) is 14.4 Å². The van der Waals surface area contributed by atoms with Crippen molar-refractivity contribution in [3.8, 4) is 0 Å². The topological polar surface area (TPSA) is 96.5 Å². The molecule has 0 bridgehead atoms. The van der Waals surface area contributed by atoms with E-state index in [0.29, 0.717) is 23.4 Å². The summed E-state index contributed by atoms with van der Waals surface area (Å²) in [5.74, 6) is -1.14. The van der Waals surface area contributed by atoms with Gasteiger partial charge in [0.25, 0.3) is 5.91 Å². The Hall–Kier alpha value is -4.13. The summed E-state index contributed by atoms with van der Waals surface area (Å²) in [6.07, 6.45) is 0.472. The van der Waals surface area contributed by atoms with Crippen LogP contribution in [0.2, 0.25) is 0 Å². The van der Waals surface area contributed by atoms with Gasteiger partial charge in [0.2, 0.25) is 0 Å². The third kappa shape index (κ3) is 7.50. The minimum absolute atomic E-state index is 0.159. The maximum absolute atomic E-state index is 12.6. The van der Waals surface area contributed by atoms with Crippen molar-refractivity contribution in [1.29, 1.82) is 0 Å². The molecule has 0 radical (unpaired) electrons. The number of nitrogens with one attached hydrogen (secondary N) is 3. The molecule has 7 heteroatoms. The maximum atomic E-state index is 12.6. The minimum atomic E-state index is -0.487. The molecule has 7 nitrogen and oxygen atoms in total. The monoisotopic (exact) mass is 445 g/mol. The number of carbonyl (C=O) groups is 3. The van der Waals surface area contributed by atoms with Crippen molar-refractivity contribution in [2.24, 2.45) is 5.92 Å². The first-order chi connectivity index (χ1) is 16.0. The normalized spacial score (nSPS) is 11.2. The number of para-hydroxylation sites is 1. The summed E-state index contributed by atoms with van der Waals surface area (Å²) in [6.45, 7) is 2.20. The van der Waals surface area contributed by atoms with E-state index in [1.807, 2.05) is 48.5 Å². The largest absolute Gasteiger partial charge is 0.466 e. The molecule has 1 atom stereocenters. The molecule has 3 aromatic rings. The van der Waals surface area contributed by atoms with Crippen LogP contribution in [0.25, 0.3) is 0 Å². The number of carbonyl (C=O) groups excluding carboxylic acids is 3. The molecule has 0 spiro atoms. The molecule has 3 amide bonds. The molecule has 3 N–H and O–H groups in total. The summed E-state index contributed by atoms with van der Waals surface area (Å²) in [5, 5.41) is 8.26. The van der Waals surface area contributed by atoms with Crippen molar-refractivity contribution >= 4 is 29.3 Å². The van der Waals surface area contributed by atoms with Crippen molar-refractivity contribution in [2.75, 3.05) is 23.8 Å². The standard InChI is InChI=1S/C26H27N3O4/c1-2-33-25(31)21(17-19-9-5-3-6-10-19)18-27-24(30)20-13-15-23(16-14-20)29-26(32)28-22-11-7-4-8-12-22/h3-16,21H,2,17-18H2,1H3,(H,27,30)(H2,28,29,32). The minimum Gasteiger partial charge on any atom is -0.466 e. The second-order valence-corrected chi connectivity index (χ2v) is 7.37. The fraction of sp³-hybridized carbons (Fsp3) is 0.192. The molecule has 0 aromatic heterocycles. The lowest BCUT2D eigenvalue weighted by Crippen LogP contribution is -2.35. The molecule has 0 fully saturated rings. The molecule has 33 heavy (non-hydrogen) atoms. The number of hydrogen-bond acceptors (Lipinski definition) is 4.